The van der Waals surface area contributed by atoms with Gasteiger partial charge in [0.25, 0.3) is 0 Å². The topological polar surface area (TPSA) is 82.3 Å². The highest BCUT2D eigenvalue weighted by Crippen LogP contribution is 1.76. The molecule has 0 heterocycles. The highest BCUT2D eigenvalue weighted by atomic mass is 16.2. The summed E-state index contributed by atoms with van der Waals surface area (Å²) < 4.78 is 0. The average molecular weight is 202 g/mol. The summed E-state index contributed by atoms with van der Waals surface area (Å²) in [4.78, 5) is 22.0. The molecule has 0 aromatic heterocycles. The van der Waals surface area contributed by atoms with E-state index in [1.54, 1.807) is 0 Å². The Morgan fingerprint density at radius 1 is 0.786 bits per heavy atom. The molecule has 0 saturated heterocycles. The quantitative estimate of drug-likeness (QED) is 0.486. The van der Waals surface area contributed by atoms with Crippen LogP contribution in [0.1, 0.15) is 27.7 Å². The molecule has 0 aromatic carbocycles. The molecule has 0 aliphatic heterocycles. The Morgan fingerprint density at radius 3 is 1.29 bits per heavy atom. The van der Waals surface area contributed by atoms with Crippen molar-refractivity contribution in [2.24, 2.45) is 0 Å². The van der Waals surface area contributed by atoms with Gasteiger partial charge in [0, 0.05) is 12.1 Å². The molecule has 0 aromatic rings. The van der Waals surface area contributed by atoms with E-state index in [4.69, 9.17) is 0 Å². The number of amides is 4. The normalized spacial score (nSPS) is 9.86. The predicted octanol–water partition coefficient (Wildman–Crippen LogP) is 0.317. The first-order valence-corrected chi connectivity index (χ1v) is 4.54. The minimum absolute atomic E-state index is 0.0324. The minimum atomic E-state index is -0.432. The number of urea groups is 2. The monoisotopic (exact) mass is 202 g/mol. The van der Waals surface area contributed by atoms with Crippen LogP contribution in [0.2, 0.25) is 0 Å². The van der Waals surface area contributed by atoms with Crippen molar-refractivity contribution in [1.82, 2.24) is 21.5 Å². The van der Waals surface area contributed by atoms with Crippen molar-refractivity contribution in [3.05, 3.63) is 0 Å². The summed E-state index contributed by atoms with van der Waals surface area (Å²) in [6.07, 6.45) is 0. The summed E-state index contributed by atoms with van der Waals surface area (Å²) in [5.41, 5.74) is 4.41. The van der Waals surface area contributed by atoms with Crippen LogP contribution in [-0.2, 0) is 0 Å². The van der Waals surface area contributed by atoms with Gasteiger partial charge in [0.05, 0.1) is 0 Å². The second-order valence-corrected chi connectivity index (χ2v) is 3.51. The summed E-state index contributed by atoms with van der Waals surface area (Å²) >= 11 is 0. The maximum Gasteiger partial charge on any atom is 0.333 e. The van der Waals surface area contributed by atoms with Crippen molar-refractivity contribution in [1.29, 1.82) is 0 Å². The Hall–Kier alpha value is -1.46. The summed E-state index contributed by atoms with van der Waals surface area (Å²) in [7, 11) is 0. The molecule has 4 N–H and O–H groups in total. The number of hydrogen-bond donors (Lipinski definition) is 4. The lowest BCUT2D eigenvalue weighted by Gasteiger charge is -2.12. The fourth-order valence-electron chi connectivity index (χ4n) is 0.710. The number of hydrazine groups is 1. The molecule has 0 saturated carbocycles. The second kappa shape index (κ2) is 6.06. The summed E-state index contributed by atoms with van der Waals surface area (Å²) in [6, 6.07) is -0.798. The molecule has 0 unspecified atom stereocenters. The van der Waals surface area contributed by atoms with Crippen LogP contribution in [0.3, 0.4) is 0 Å². The number of nitrogens with one attached hydrogen (secondary N) is 4. The van der Waals surface area contributed by atoms with Crippen LogP contribution in [0.5, 0.6) is 0 Å². The van der Waals surface area contributed by atoms with Crippen LogP contribution < -0.4 is 21.5 Å². The Morgan fingerprint density at radius 2 is 1.07 bits per heavy atom. The molecule has 0 radical (unpaired) electrons. The summed E-state index contributed by atoms with van der Waals surface area (Å²) in [5.74, 6) is 0. The fraction of sp³-hybridized carbons (Fsp3) is 0.750. The number of rotatable bonds is 2. The number of carbonyl (C=O) groups is 2. The molecular weight excluding hydrogens is 184 g/mol. The first kappa shape index (κ1) is 12.5. The Labute approximate surface area is 83.8 Å². The van der Waals surface area contributed by atoms with Crippen molar-refractivity contribution < 1.29 is 9.59 Å². The molecule has 0 bridgehead atoms. The van der Waals surface area contributed by atoms with Gasteiger partial charge in [0.2, 0.25) is 0 Å². The third kappa shape index (κ3) is 7.20. The van der Waals surface area contributed by atoms with Crippen molar-refractivity contribution in [3.8, 4) is 0 Å². The van der Waals surface area contributed by atoms with Gasteiger partial charge >= 0.3 is 12.1 Å². The fourth-order valence-corrected chi connectivity index (χ4v) is 0.710. The van der Waals surface area contributed by atoms with Crippen molar-refractivity contribution >= 4 is 12.1 Å². The van der Waals surface area contributed by atoms with Gasteiger partial charge in [-0.1, -0.05) is 0 Å². The lowest BCUT2D eigenvalue weighted by molar-refractivity contribution is 0.221. The SMILES string of the molecule is CC(C)NC(=O)NNC(=O)NC(C)C. The molecule has 0 aliphatic carbocycles. The van der Waals surface area contributed by atoms with Crippen LogP contribution in [0.4, 0.5) is 9.59 Å². The number of carbonyl (C=O) groups excluding carboxylic acids is 2. The maximum absolute atomic E-state index is 11.0. The van der Waals surface area contributed by atoms with Gasteiger partial charge in [0.15, 0.2) is 0 Å². The second-order valence-electron chi connectivity index (χ2n) is 3.51. The zero-order chi connectivity index (χ0) is 11.1. The largest absolute Gasteiger partial charge is 0.335 e. The molecule has 0 rings (SSSR count). The highest BCUT2D eigenvalue weighted by Gasteiger charge is 2.04. The molecule has 0 aliphatic rings. The van der Waals surface area contributed by atoms with E-state index in [0.29, 0.717) is 0 Å². The van der Waals surface area contributed by atoms with Gasteiger partial charge in [-0.15, -0.1) is 0 Å². The molecule has 4 amide bonds. The average Bonchev–Trinajstić information content (AvgIpc) is 1.98. The minimum Gasteiger partial charge on any atom is -0.335 e. The van der Waals surface area contributed by atoms with E-state index in [-0.39, 0.29) is 12.1 Å². The van der Waals surface area contributed by atoms with E-state index in [2.05, 4.69) is 21.5 Å². The van der Waals surface area contributed by atoms with Crippen molar-refractivity contribution in [2.75, 3.05) is 0 Å². The van der Waals surface area contributed by atoms with Gasteiger partial charge in [-0.3, -0.25) is 0 Å². The van der Waals surface area contributed by atoms with Gasteiger partial charge in [-0.05, 0) is 27.7 Å². The summed E-state index contributed by atoms with van der Waals surface area (Å²) in [6.45, 7) is 7.31. The Kier molecular flexibility index (Phi) is 5.43. The van der Waals surface area contributed by atoms with Crippen LogP contribution in [0.25, 0.3) is 0 Å². The van der Waals surface area contributed by atoms with Crippen LogP contribution in [0.15, 0.2) is 0 Å². The first-order chi connectivity index (χ1) is 6.41. The molecule has 0 spiro atoms. The molecule has 6 nitrogen and oxygen atoms in total. The van der Waals surface area contributed by atoms with E-state index in [0.717, 1.165) is 0 Å². The van der Waals surface area contributed by atoms with E-state index < -0.39 is 12.1 Å². The summed E-state index contributed by atoms with van der Waals surface area (Å²) in [5, 5.41) is 5.12. The van der Waals surface area contributed by atoms with E-state index >= 15 is 0 Å². The lowest BCUT2D eigenvalue weighted by atomic mass is 10.4. The lowest BCUT2D eigenvalue weighted by Crippen LogP contribution is -2.52. The molecular formula is C8H18N4O2. The standard InChI is InChI=1S/C8H18N4O2/c1-5(2)9-7(13)11-12-8(14)10-6(3)4/h5-6H,1-4H3,(H2,9,11,13)(H2,10,12,14). The molecule has 14 heavy (non-hydrogen) atoms. The molecule has 82 valence electrons. The van der Waals surface area contributed by atoms with Gasteiger partial charge < -0.3 is 10.6 Å². The zero-order valence-corrected chi connectivity index (χ0v) is 8.97. The molecule has 0 atom stereocenters. The molecule has 0 fully saturated rings. The van der Waals surface area contributed by atoms with E-state index in [1.165, 1.54) is 0 Å². The third-order valence-electron chi connectivity index (χ3n) is 1.13. The Balaban J connectivity index is 3.61. The van der Waals surface area contributed by atoms with Gasteiger partial charge in [0.1, 0.15) is 0 Å². The smallest absolute Gasteiger partial charge is 0.333 e. The highest BCUT2D eigenvalue weighted by molar-refractivity contribution is 5.80. The van der Waals surface area contributed by atoms with Crippen molar-refractivity contribution in [2.45, 2.75) is 39.8 Å². The zero-order valence-electron chi connectivity index (χ0n) is 8.97. The third-order valence-corrected chi connectivity index (χ3v) is 1.13. The first-order valence-electron chi connectivity index (χ1n) is 4.54. The predicted molar refractivity (Wildman–Crippen MR) is 53.6 cm³/mol. The molecule has 6 heteroatoms. The Bertz CT molecular complexity index is 182. The maximum atomic E-state index is 11.0. The van der Waals surface area contributed by atoms with Crippen LogP contribution in [0, 0.1) is 0 Å². The van der Waals surface area contributed by atoms with Gasteiger partial charge in [-0.2, -0.15) is 0 Å². The van der Waals surface area contributed by atoms with E-state index in [1.807, 2.05) is 27.7 Å². The van der Waals surface area contributed by atoms with E-state index in [9.17, 15) is 9.59 Å². The number of hydrogen-bond acceptors (Lipinski definition) is 2. The van der Waals surface area contributed by atoms with Crippen molar-refractivity contribution in [3.63, 3.8) is 0 Å². The van der Waals surface area contributed by atoms with Gasteiger partial charge in [-0.25, -0.2) is 20.4 Å². The van der Waals surface area contributed by atoms with Crippen LogP contribution >= 0.6 is 0 Å². The van der Waals surface area contributed by atoms with Crippen LogP contribution in [-0.4, -0.2) is 24.1 Å².